The summed E-state index contributed by atoms with van der Waals surface area (Å²) in [6.07, 6.45) is 0.720. The predicted octanol–water partition coefficient (Wildman–Crippen LogP) is 2.43. The van der Waals surface area contributed by atoms with E-state index in [1.54, 1.807) is 17.0 Å². The van der Waals surface area contributed by atoms with Crippen molar-refractivity contribution in [2.45, 2.75) is 34.1 Å². The van der Waals surface area contributed by atoms with E-state index in [1.807, 2.05) is 32.6 Å². The van der Waals surface area contributed by atoms with E-state index in [1.165, 1.54) is 7.11 Å². The fourth-order valence-electron chi connectivity index (χ4n) is 3.03. The molecule has 6 heteroatoms. The number of phenolic OH excluding ortho intramolecular Hbond substituents is 1. The Balaban J connectivity index is 2.17. The van der Waals surface area contributed by atoms with E-state index < -0.39 is 5.41 Å². The Morgan fingerprint density at radius 2 is 1.68 bits per heavy atom. The molecule has 0 radical (unpaired) electrons. The van der Waals surface area contributed by atoms with E-state index in [-0.39, 0.29) is 23.1 Å². The van der Waals surface area contributed by atoms with Gasteiger partial charge in [0.1, 0.15) is 0 Å². The molecule has 1 aromatic carbocycles. The SMILES string of the molecule is COc1cc(C)cc(C(=O)N2CCCN(C(=O)C(C)(C)C)CC2)c1O. The molecule has 2 amide bonds. The molecule has 1 fully saturated rings. The fraction of sp³-hybridized carbons (Fsp3) is 0.579. The highest BCUT2D eigenvalue weighted by Gasteiger charge is 2.30. The highest BCUT2D eigenvalue weighted by molar-refractivity contribution is 5.98. The van der Waals surface area contributed by atoms with E-state index in [0.717, 1.165) is 12.0 Å². The van der Waals surface area contributed by atoms with E-state index in [4.69, 9.17) is 4.74 Å². The molecule has 1 heterocycles. The summed E-state index contributed by atoms with van der Waals surface area (Å²) in [6.45, 7) is 9.72. The van der Waals surface area contributed by atoms with Crippen molar-refractivity contribution in [1.82, 2.24) is 9.80 Å². The molecule has 1 aromatic rings. The zero-order valence-electron chi connectivity index (χ0n) is 15.8. The number of aromatic hydroxyl groups is 1. The van der Waals surface area contributed by atoms with Crippen molar-refractivity contribution in [3.8, 4) is 11.5 Å². The molecule has 2 rings (SSSR count). The maximum atomic E-state index is 12.9. The summed E-state index contributed by atoms with van der Waals surface area (Å²) >= 11 is 0. The number of rotatable bonds is 2. The van der Waals surface area contributed by atoms with Gasteiger partial charge in [-0.25, -0.2) is 0 Å². The van der Waals surface area contributed by atoms with Gasteiger partial charge in [-0.2, -0.15) is 0 Å². The molecule has 1 saturated heterocycles. The number of amides is 2. The summed E-state index contributed by atoms with van der Waals surface area (Å²) in [6, 6.07) is 3.36. The van der Waals surface area contributed by atoms with Gasteiger partial charge in [-0.05, 0) is 31.0 Å². The number of carbonyl (C=O) groups is 2. The van der Waals surface area contributed by atoms with Crippen molar-refractivity contribution in [2.24, 2.45) is 5.41 Å². The first-order valence-corrected chi connectivity index (χ1v) is 8.61. The minimum absolute atomic E-state index is 0.0990. The normalized spacial score (nSPS) is 15.7. The lowest BCUT2D eigenvalue weighted by Crippen LogP contribution is -2.42. The lowest BCUT2D eigenvalue weighted by atomic mass is 9.94. The van der Waals surface area contributed by atoms with Crippen LogP contribution in [0.2, 0.25) is 0 Å². The van der Waals surface area contributed by atoms with Crippen molar-refractivity contribution in [1.29, 1.82) is 0 Å². The van der Waals surface area contributed by atoms with Crippen molar-refractivity contribution in [2.75, 3.05) is 33.3 Å². The third kappa shape index (κ3) is 4.24. The van der Waals surface area contributed by atoms with Crippen LogP contribution in [0, 0.1) is 12.3 Å². The maximum Gasteiger partial charge on any atom is 0.257 e. The summed E-state index contributed by atoms with van der Waals surface area (Å²) in [7, 11) is 1.46. The summed E-state index contributed by atoms with van der Waals surface area (Å²) < 4.78 is 5.14. The predicted molar refractivity (Wildman–Crippen MR) is 96.0 cm³/mol. The Kier molecular flexibility index (Phi) is 5.60. The number of aryl methyl sites for hydroxylation is 1. The highest BCUT2D eigenvalue weighted by atomic mass is 16.5. The van der Waals surface area contributed by atoms with Gasteiger partial charge in [0, 0.05) is 31.6 Å². The number of hydrogen-bond acceptors (Lipinski definition) is 4. The van der Waals surface area contributed by atoms with E-state index in [2.05, 4.69) is 0 Å². The van der Waals surface area contributed by atoms with Gasteiger partial charge < -0.3 is 19.6 Å². The zero-order valence-corrected chi connectivity index (χ0v) is 15.8. The average molecular weight is 348 g/mol. The van der Waals surface area contributed by atoms with Gasteiger partial charge in [0.05, 0.1) is 12.7 Å². The molecule has 1 aliphatic heterocycles. The molecule has 0 spiro atoms. The second-order valence-corrected chi connectivity index (χ2v) is 7.55. The molecule has 1 aliphatic rings. The number of nitrogens with zero attached hydrogens (tertiary/aromatic N) is 2. The van der Waals surface area contributed by atoms with Crippen molar-refractivity contribution < 1.29 is 19.4 Å². The second kappa shape index (κ2) is 7.33. The zero-order chi connectivity index (χ0) is 18.8. The van der Waals surface area contributed by atoms with Gasteiger partial charge >= 0.3 is 0 Å². The van der Waals surface area contributed by atoms with Crippen LogP contribution in [0.15, 0.2) is 12.1 Å². The van der Waals surface area contributed by atoms with Crippen LogP contribution in [0.1, 0.15) is 43.1 Å². The number of methoxy groups -OCH3 is 1. The summed E-state index contributed by atoms with van der Waals surface area (Å²) in [5.41, 5.74) is 0.659. The van der Waals surface area contributed by atoms with Crippen molar-refractivity contribution in [3.63, 3.8) is 0 Å². The Labute approximate surface area is 149 Å². The highest BCUT2D eigenvalue weighted by Crippen LogP contribution is 2.32. The topological polar surface area (TPSA) is 70.1 Å². The molecule has 25 heavy (non-hydrogen) atoms. The van der Waals surface area contributed by atoms with Crippen LogP contribution >= 0.6 is 0 Å². The van der Waals surface area contributed by atoms with Crippen LogP contribution in [-0.4, -0.2) is 60.0 Å². The van der Waals surface area contributed by atoms with Crippen molar-refractivity contribution in [3.05, 3.63) is 23.3 Å². The van der Waals surface area contributed by atoms with E-state index in [9.17, 15) is 14.7 Å². The standard InChI is InChI=1S/C19H28N2O4/c1-13-11-14(16(22)15(12-13)25-5)17(23)20-7-6-8-21(10-9-20)18(24)19(2,3)4/h11-12,22H,6-10H2,1-5H3. The lowest BCUT2D eigenvalue weighted by molar-refractivity contribution is -0.139. The first-order valence-electron chi connectivity index (χ1n) is 8.61. The third-order valence-electron chi connectivity index (χ3n) is 4.38. The molecule has 0 aromatic heterocycles. The van der Waals surface area contributed by atoms with Crippen LogP contribution in [0.3, 0.4) is 0 Å². The minimum Gasteiger partial charge on any atom is -0.504 e. The molecule has 0 saturated carbocycles. The van der Waals surface area contributed by atoms with Crippen LogP contribution in [-0.2, 0) is 4.79 Å². The largest absolute Gasteiger partial charge is 0.504 e. The molecular formula is C19H28N2O4. The molecule has 0 bridgehead atoms. The van der Waals surface area contributed by atoms with Gasteiger partial charge in [-0.3, -0.25) is 9.59 Å². The Morgan fingerprint density at radius 3 is 2.28 bits per heavy atom. The smallest absolute Gasteiger partial charge is 0.257 e. The Bertz CT molecular complexity index is 664. The van der Waals surface area contributed by atoms with E-state index >= 15 is 0 Å². The van der Waals surface area contributed by atoms with Crippen molar-refractivity contribution >= 4 is 11.8 Å². The van der Waals surface area contributed by atoms with Crippen LogP contribution in [0.5, 0.6) is 11.5 Å². The van der Waals surface area contributed by atoms with Crippen LogP contribution in [0.25, 0.3) is 0 Å². The number of benzene rings is 1. The lowest BCUT2D eigenvalue weighted by Gasteiger charge is -2.28. The first-order chi connectivity index (χ1) is 11.6. The number of phenols is 1. The third-order valence-corrected chi connectivity index (χ3v) is 4.38. The molecule has 138 valence electrons. The molecule has 1 N–H and O–H groups in total. The summed E-state index contributed by atoms with van der Waals surface area (Å²) in [5, 5.41) is 10.3. The van der Waals surface area contributed by atoms with Gasteiger partial charge in [0.25, 0.3) is 5.91 Å². The number of carbonyl (C=O) groups excluding carboxylic acids is 2. The van der Waals surface area contributed by atoms with E-state index in [0.29, 0.717) is 31.9 Å². The van der Waals surface area contributed by atoms with Crippen LogP contribution in [0.4, 0.5) is 0 Å². The van der Waals surface area contributed by atoms with Gasteiger partial charge in [-0.1, -0.05) is 20.8 Å². The Hall–Kier alpha value is -2.24. The first kappa shape index (κ1) is 19.1. The van der Waals surface area contributed by atoms with Gasteiger partial charge in [0.15, 0.2) is 11.5 Å². The minimum atomic E-state index is -0.429. The molecular weight excluding hydrogens is 320 g/mol. The summed E-state index contributed by atoms with van der Waals surface area (Å²) in [4.78, 5) is 28.9. The second-order valence-electron chi connectivity index (χ2n) is 7.55. The van der Waals surface area contributed by atoms with Gasteiger partial charge in [0.2, 0.25) is 5.91 Å². The average Bonchev–Trinajstić information content (AvgIpc) is 2.80. The van der Waals surface area contributed by atoms with Crippen LogP contribution < -0.4 is 4.74 Å². The fourth-order valence-corrected chi connectivity index (χ4v) is 3.03. The monoisotopic (exact) mass is 348 g/mol. The quantitative estimate of drug-likeness (QED) is 0.891. The Morgan fingerprint density at radius 1 is 1.08 bits per heavy atom. The molecule has 6 nitrogen and oxygen atoms in total. The molecule has 0 atom stereocenters. The van der Waals surface area contributed by atoms with Gasteiger partial charge in [-0.15, -0.1) is 0 Å². The number of hydrogen-bond donors (Lipinski definition) is 1. The maximum absolute atomic E-state index is 12.9. The summed E-state index contributed by atoms with van der Waals surface area (Å²) in [5.74, 6) is 0.0270. The molecule has 0 aliphatic carbocycles. The molecule has 0 unspecified atom stereocenters. The number of ether oxygens (including phenoxy) is 1.